The van der Waals surface area contributed by atoms with E-state index in [2.05, 4.69) is 5.32 Å². The summed E-state index contributed by atoms with van der Waals surface area (Å²) in [7, 11) is 1.36. The van der Waals surface area contributed by atoms with Crippen LogP contribution in [0, 0.1) is 15.9 Å². The van der Waals surface area contributed by atoms with Gasteiger partial charge in [0.1, 0.15) is 29.6 Å². The summed E-state index contributed by atoms with van der Waals surface area (Å²) < 4.78 is 24.2. The number of nitrogens with one attached hydrogen (secondary N) is 1. The van der Waals surface area contributed by atoms with E-state index in [-0.39, 0.29) is 32.8 Å². The molecule has 0 saturated carbocycles. The number of imide groups is 1. The van der Waals surface area contributed by atoms with Crippen LogP contribution >= 0.6 is 23.4 Å². The van der Waals surface area contributed by atoms with Crippen molar-refractivity contribution in [1.29, 1.82) is 0 Å². The third kappa shape index (κ3) is 5.24. The van der Waals surface area contributed by atoms with Gasteiger partial charge in [0, 0.05) is 17.8 Å². The molecular weight excluding hydrogens is 517 g/mol. The second-order valence-electron chi connectivity index (χ2n) is 7.29. The molecule has 13 heteroatoms. The van der Waals surface area contributed by atoms with Gasteiger partial charge in [0.05, 0.1) is 33.6 Å². The van der Waals surface area contributed by atoms with Gasteiger partial charge in [-0.25, -0.2) is 4.39 Å². The van der Waals surface area contributed by atoms with Gasteiger partial charge in [-0.15, -0.1) is 0 Å². The molecule has 10 nitrogen and oxygen atoms in total. The molecule has 2 heterocycles. The third-order valence-corrected chi connectivity index (χ3v) is 6.14. The predicted octanol–water partition coefficient (Wildman–Crippen LogP) is 5.33. The SMILES string of the molecule is COc1cc([N+](=O)[O-])ccc1-c1ccc(/C=C2/SC(=O)N(CC(=O)Nc3ccc(F)c(Cl)c3)C2=O)o1. The molecule has 0 atom stereocenters. The van der Waals surface area contributed by atoms with Crippen molar-refractivity contribution in [2.24, 2.45) is 0 Å². The van der Waals surface area contributed by atoms with Crippen molar-refractivity contribution in [2.45, 2.75) is 0 Å². The van der Waals surface area contributed by atoms with Crippen LogP contribution in [0.25, 0.3) is 17.4 Å². The highest BCUT2D eigenvalue weighted by Gasteiger charge is 2.36. The lowest BCUT2D eigenvalue weighted by Gasteiger charge is -2.12. The number of ether oxygens (including phenoxy) is 1. The Morgan fingerprint density at radius 1 is 1.25 bits per heavy atom. The molecule has 1 fully saturated rings. The average molecular weight is 532 g/mol. The number of thioether (sulfide) groups is 1. The van der Waals surface area contributed by atoms with E-state index in [1.807, 2.05) is 0 Å². The van der Waals surface area contributed by atoms with Crippen LogP contribution in [0.3, 0.4) is 0 Å². The minimum absolute atomic E-state index is 0.0363. The van der Waals surface area contributed by atoms with Gasteiger partial charge in [-0.3, -0.25) is 29.4 Å². The van der Waals surface area contributed by atoms with Gasteiger partial charge < -0.3 is 14.5 Å². The lowest BCUT2D eigenvalue weighted by Crippen LogP contribution is -2.36. The first-order valence-electron chi connectivity index (χ1n) is 10.1. The van der Waals surface area contributed by atoms with Gasteiger partial charge in [0.25, 0.3) is 16.8 Å². The molecule has 3 aromatic rings. The van der Waals surface area contributed by atoms with Crippen molar-refractivity contribution >= 4 is 57.9 Å². The molecule has 3 amide bonds. The zero-order chi connectivity index (χ0) is 26.0. The largest absolute Gasteiger partial charge is 0.496 e. The van der Waals surface area contributed by atoms with Crippen molar-refractivity contribution in [3.05, 3.63) is 80.2 Å². The number of carbonyl (C=O) groups excluding carboxylic acids is 3. The Labute approximate surface area is 211 Å². The number of carbonyl (C=O) groups is 3. The molecule has 0 unspecified atom stereocenters. The second kappa shape index (κ2) is 10.2. The first kappa shape index (κ1) is 24.9. The van der Waals surface area contributed by atoms with Crippen LogP contribution in [-0.4, -0.2) is 40.5 Å². The molecule has 4 rings (SSSR count). The Bertz CT molecular complexity index is 1440. The van der Waals surface area contributed by atoms with Crippen LogP contribution in [-0.2, 0) is 9.59 Å². The lowest BCUT2D eigenvalue weighted by atomic mass is 10.1. The molecule has 184 valence electrons. The number of nitro groups is 1. The molecule has 1 N–H and O–H groups in total. The van der Waals surface area contributed by atoms with Crippen LogP contribution in [0.15, 0.2) is 57.9 Å². The number of rotatable bonds is 7. The molecule has 0 aliphatic carbocycles. The van der Waals surface area contributed by atoms with Crippen LogP contribution in [0.5, 0.6) is 5.75 Å². The van der Waals surface area contributed by atoms with Crippen molar-refractivity contribution in [3.63, 3.8) is 0 Å². The number of anilines is 1. The minimum atomic E-state index is -0.692. The van der Waals surface area contributed by atoms with E-state index >= 15 is 0 Å². The molecule has 0 spiro atoms. The molecule has 1 aliphatic heterocycles. The molecule has 0 radical (unpaired) electrons. The van der Waals surface area contributed by atoms with E-state index in [4.69, 9.17) is 20.8 Å². The number of halogens is 2. The molecule has 2 aromatic carbocycles. The second-order valence-corrected chi connectivity index (χ2v) is 8.69. The molecule has 1 aromatic heterocycles. The fourth-order valence-corrected chi connectivity index (χ4v) is 4.25. The minimum Gasteiger partial charge on any atom is -0.496 e. The highest BCUT2D eigenvalue weighted by atomic mass is 35.5. The van der Waals surface area contributed by atoms with Crippen molar-refractivity contribution in [2.75, 3.05) is 19.0 Å². The highest BCUT2D eigenvalue weighted by molar-refractivity contribution is 8.18. The summed E-state index contributed by atoms with van der Waals surface area (Å²) >= 11 is 6.32. The fraction of sp³-hybridized carbons (Fsp3) is 0.0870. The van der Waals surface area contributed by atoms with Gasteiger partial charge in [-0.2, -0.15) is 0 Å². The number of hydrogen-bond acceptors (Lipinski definition) is 8. The third-order valence-electron chi connectivity index (χ3n) is 4.94. The Morgan fingerprint density at radius 2 is 2.03 bits per heavy atom. The number of nitrogens with zero attached hydrogens (tertiary/aromatic N) is 2. The fourth-order valence-electron chi connectivity index (χ4n) is 3.26. The summed E-state index contributed by atoms with van der Waals surface area (Å²) in [6, 6.07) is 10.7. The van der Waals surface area contributed by atoms with Crippen LogP contribution in [0.2, 0.25) is 5.02 Å². The first-order valence-corrected chi connectivity index (χ1v) is 11.3. The number of benzene rings is 2. The highest BCUT2D eigenvalue weighted by Crippen LogP contribution is 2.36. The Morgan fingerprint density at radius 3 is 2.72 bits per heavy atom. The molecule has 36 heavy (non-hydrogen) atoms. The maximum Gasteiger partial charge on any atom is 0.294 e. The van der Waals surface area contributed by atoms with Crippen LogP contribution in [0.4, 0.5) is 20.6 Å². The maximum absolute atomic E-state index is 13.3. The number of furan rings is 1. The van der Waals surface area contributed by atoms with E-state index in [1.54, 1.807) is 12.1 Å². The lowest BCUT2D eigenvalue weighted by molar-refractivity contribution is -0.384. The van der Waals surface area contributed by atoms with Crippen molar-refractivity contribution < 1.29 is 32.9 Å². The Balaban J connectivity index is 1.48. The first-order chi connectivity index (χ1) is 17.2. The number of non-ortho nitro benzene ring substituents is 1. The van der Waals surface area contributed by atoms with Gasteiger partial charge >= 0.3 is 0 Å². The monoisotopic (exact) mass is 531 g/mol. The number of methoxy groups -OCH3 is 1. The summed E-state index contributed by atoms with van der Waals surface area (Å²) in [6.45, 7) is -0.555. The van der Waals surface area contributed by atoms with E-state index in [9.17, 15) is 28.9 Å². The number of nitro benzene ring substituents is 1. The average Bonchev–Trinajstić information content (AvgIpc) is 3.41. The van der Waals surface area contributed by atoms with E-state index in [1.165, 1.54) is 43.5 Å². The quantitative estimate of drug-likeness (QED) is 0.246. The van der Waals surface area contributed by atoms with Gasteiger partial charge in [0.15, 0.2) is 0 Å². The Hall–Kier alpha value is -4.16. The van der Waals surface area contributed by atoms with Gasteiger partial charge in [-0.05, 0) is 48.2 Å². The zero-order valence-corrected chi connectivity index (χ0v) is 19.9. The molecular formula is C23H15ClFN3O7S. The van der Waals surface area contributed by atoms with Crippen LogP contribution < -0.4 is 10.1 Å². The normalized spacial score (nSPS) is 14.4. The topological polar surface area (TPSA) is 132 Å². The number of amides is 3. The summed E-state index contributed by atoms with van der Waals surface area (Å²) in [6.07, 6.45) is 1.35. The van der Waals surface area contributed by atoms with E-state index in [0.717, 1.165) is 11.0 Å². The number of hydrogen-bond donors (Lipinski definition) is 1. The van der Waals surface area contributed by atoms with Crippen LogP contribution in [0.1, 0.15) is 5.76 Å². The molecule has 1 saturated heterocycles. The Kier molecular flexibility index (Phi) is 7.08. The zero-order valence-electron chi connectivity index (χ0n) is 18.3. The van der Waals surface area contributed by atoms with Crippen molar-refractivity contribution in [3.8, 4) is 17.1 Å². The summed E-state index contributed by atoms with van der Waals surface area (Å²) in [4.78, 5) is 48.6. The summed E-state index contributed by atoms with van der Waals surface area (Å²) in [5.41, 5.74) is 0.509. The van der Waals surface area contributed by atoms with Crippen molar-refractivity contribution in [1.82, 2.24) is 4.90 Å². The van der Waals surface area contributed by atoms with E-state index in [0.29, 0.717) is 23.1 Å². The van der Waals surface area contributed by atoms with E-state index < -0.39 is 34.3 Å². The van der Waals surface area contributed by atoms with Gasteiger partial charge in [-0.1, -0.05) is 11.6 Å². The standard InChI is InChI=1S/C23H15ClFN3O7S/c1-34-19-9-13(28(32)33)3-5-15(19)18-7-4-14(35-18)10-20-22(30)27(23(31)36-20)11-21(29)26-12-2-6-17(25)16(24)8-12/h2-10H,11H2,1H3,(H,26,29)/b20-10+. The smallest absolute Gasteiger partial charge is 0.294 e. The molecule has 1 aliphatic rings. The predicted molar refractivity (Wildman–Crippen MR) is 130 cm³/mol. The van der Waals surface area contributed by atoms with Gasteiger partial charge in [0.2, 0.25) is 5.91 Å². The molecule has 0 bridgehead atoms. The summed E-state index contributed by atoms with van der Waals surface area (Å²) in [5.74, 6) is -1.24. The maximum atomic E-state index is 13.3. The summed E-state index contributed by atoms with van der Waals surface area (Å²) in [5, 5.41) is 12.6.